The lowest BCUT2D eigenvalue weighted by Gasteiger charge is -2.45. The fourth-order valence-corrected chi connectivity index (χ4v) is 9.51. The molecule has 3 fully saturated rings. The van der Waals surface area contributed by atoms with Gasteiger partial charge in [-0.15, -0.1) is 0 Å². The first kappa shape index (κ1) is 43.0. The number of sulfonamides is 1. The van der Waals surface area contributed by atoms with E-state index in [1.807, 2.05) is 19.1 Å². The van der Waals surface area contributed by atoms with Gasteiger partial charge in [-0.1, -0.05) is 44.2 Å². The molecule has 0 spiro atoms. The second kappa shape index (κ2) is 15.5. The maximum Gasteiger partial charge on any atom is 0.411 e. The third-order valence-corrected chi connectivity index (χ3v) is 14.4. The van der Waals surface area contributed by atoms with Crippen LogP contribution in [0.25, 0.3) is 10.8 Å². The van der Waals surface area contributed by atoms with Crippen LogP contribution in [0.3, 0.4) is 0 Å². The largest absolute Gasteiger partial charge is 0.478 e. The minimum Gasteiger partial charge on any atom is -0.478 e. The number of nitrogens with one attached hydrogen (secondary N) is 2. The predicted octanol–water partition coefficient (Wildman–Crippen LogP) is 5.56. The number of benzene rings is 1. The third kappa shape index (κ3) is 8.17. The van der Waals surface area contributed by atoms with Crippen LogP contribution >= 0.6 is 0 Å². The lowest BCUT2D eigenvalue weighted by atomic mass is 9.85. The summed E-state index contributed by atoms with van der Waals surface area (Å²) in [6, 6.07) is 5.46. The van der Waals surface area contributed by atoms with Gasteiger partial charge in [0.1, 0.15) is 29.3 Å². The smallest absolute Gasteiger partial charge is 0.411 e. The Bertz CT molecular complexity index is 2090. The van der Waals surface area contributed by atoms with Gasteiger partial charge >= 0.3 is 12.3 Å². The zero-order valence-corrected chi connectivity index (χ0v) is 34.3. The van der Waals surface area contributed by atoms with Crippen LogP contribution < -0.4 is 19.5 Å². The molecule has 2 aliphatic heterocycles. The highest BCUT2D eigenvalue weighted by Gasteiger charge is 2.64. The van der Waals surface area contributed by atoms with Gasteiger partial charge in [-0.05, 0) is 89.5 Å². The zero-order chi connectivity index (χ0) is 42.6. The average molecular weight is 836 g/mol. The molecule has 3 heterocycles. The van der Waals surface area contributed by atoms with Crippen LogP contribution in [0, 0.1) is 17.8 Å². The van der Waals surface area contributed by atoms with Gasteiger partial charge < -0.3 is 24.8 Å². The number of amides is 4. The van der Waals surface area contributed by atoms with Crippen molar-refractivity contribution in [1.82, 2.24) is 24.8 Å². The van der Waals surface area contributed by atoms with Crippen molar-refractivity contribution < 1.29 is 55.3 Å². The van der Waals surface area contributed by atoms with E-state index in [0.717, 1.165) is 4.90 Å². The molecular weight excluding hydrogens is 784 g/mol. The Kier molecular flexibility index (Phi) is 11.5. The summed E-state index contributed by atoms with van der Waals surface area (Å²) in [5.74, 6) is -4.27. The number of rotatable bonds is 9. The summed E-state index contributed by atoms with van der Waals surface area (Å²) in [6.45, 7) is 7.98. The van der Waals surface area contributed by atoms with Crippen LogP contribution in [-0.4, -0.2) is 105 Å². The lowest BCUT2D eigenvalue weighted by molar-refractivity contribution is -0.222. The number of aromatic nitrogens is 1. The van der Waals surface area contributed by atoms with Gasteiger partial charge in [0.2, 0.25) is 33.6 Å². The minimum absolute atomic E-state index is 0.0514. The van der Waals surface area contributed by atoms with Gasteiger partial charge in [-0.25, -0.2) is 13.2 Å². The van der Waals surface area contributed by atoms with Crippen LogP contribution in [-0.2, 0) is 24.4 Å². The molecule has 4 amide bonds. The number of carbonyl (C=O) groups excluding carboxylic acids is 3. The number of alkyl halides is 3. The van der Waals surface area contributed by atoms with Crippen LogP contribution in [0.5, 0.6) is 11.8 Å². The fourth-order valence-electron chi connectivity index (χ4n) is 8.20. The van der Waals surface area contributed by atoms with Gasteiger partial charge in [-0.2, -0.15) is 18.2 Å². The molecule has 4 aliphatic rings. The summed E-state index contributed by atoms with van der Waals surface area (Å²) in [5.41, 5.74) is -4.75. The number of nitrogens with zero attached hydrogens (tertiary/aromatic N) is 3. The number of halogens is 3. The summed E-state index contributed by atoms with van der Waals surface area (Å²) in [7, 11) is -4.12. The third-order valence-electron chi connectivity index (χ3n) is 12.2. The predicted molar refractivity (Wildman–Crippen MR) is 206 cm³/mol. The molecule has 3 N–H and O–H groups in total. The van der Waals surface area contributed by atoms with Gasteiger partial charge in [0, 0.05) is 23.8 Å². The Morgan fingerprint density at radius 1 is 1.14 bits per heavy atom. The summed E-state index contributed by atoms with van der Waals surface area (Å²) >= 11 is 0. The molecule has 18 heteroatoms. The number of hydrogen-bond donors (Lipinski definition) is 3. The molecule has 1 aromatic carbocycles. The van der Waals surface area contributed by atoms with Gasteiger partial charge in [0.05, 0.1) is 17.9 Å². The van der Waals surface area contributed by atoms with E-state index in [0.29, 0.717) is 50.3 Å². The van der Waals surface area contributed by atoms with Crippen LogP contribution in [0.2, 0.25) is 0 Å². The van der Waals surface area contributed by atoms with Crippen molar-refractivity contribution in [3.05, 3.63) is 42.5 Å². The fraction of sp³-hybridized carbons (Fsp3) is 0.625. The van der Waals surface area contributed by atoms with Crippen molar-refractivity contribution in [2.24, 2.45) is 17.8 Å². The number of carboxylic acid groups (broad SMARTS) is 1. The molecule has 6 rings (SSSR count). The first-order valence-electron chi connectivity index (χ1n) is 19.7. The van der Waals surface area contributed by atoms with Gasteiger partial charge in [0.25, 0.3) is 5.91 Å². The highest BCUT2D eigenvalue weighted by Crippen LogP contribution is 2.48. The highest BCUT2D eigenvalue weighted by atomic mass is 32.2. The van der Waals surface area contributed by atoms with E-state index in [9.17, 15) is 41.1 Å². The van der Waals surface area contributed by atoms with E-state index in [-0.39, 0.29) is 55.0 Å². The second-order valence-electron chi connectivity index (χ2n) is 17.0. The van der Waals surface area contributed by atoms with E-state index >= 15 is 4.79 Å². The molecule has 1 aromatic heterocycles. The maximum atomic E-state index is 15.0. The number of ether oxygens (including phenoxy) is 2. The molecule has 0 bridgehead atoms. The quantitative estimate of drug-likeness (QED) is 0.271. The van der Waals surface area contributed by atoms with Crippen molar-refractivity contribution >= 4 is 44.6 Å². The molecule has 0 unspecified atom stereocenters. The molecule has 0 radical (unpaired) electrons. The average Bonchev–Trinajstić information content (AvgIpc) is 4.01. The SMILES string of the molecule is CCOc1cc2ccccc2c(O[C@@H]2C[C@H]3C(=O)N[C@]4(C(=O)NS(=O)(=O)C5(C)CC5)C[C@H]4C=CCC[C@@H](C)C[C@@H](C)[C@H](N(C(=O)O)C(C)(C)C(F)(F)F)C(=O)N3C2)n1. The molecule has 2 aliphatic carbocycles. The number of pyridine rings is 1. The summed E-state index contributed by atoms with van der Waals surface area (Å²) in [5, 5.41) is 14.5. The number of carbonyl (C=O) groups is 4. The molecule has 7 atom stereocenters. The van der Waals surface area contributed by atoms with Crippen LogP contribution in [0.4, 0.5) is 18.0 Å². The Hall–Kier alpha value is -4.61. The molecule has 2 saturated carbocycles. The number of fused-ring (bicyclic) bond motifs is 3. The standard InChI is InChI=1S/C40H52F3N5O9S/c1-7-56-30-19-25-13-9-11-15-28(25)33(44-30)57-27-20-29-32(49)45-39(35(51)46-58(54,55)38(6)16-17-38)21-26(39)14-10-8-12-23(2)18-24(3)31(34(50)47(29)22-27)48(36(52)53)37(4,5)40(41,42)43/h9-11,13-15,19,23-24,26-27,29,31H,7-8,12,16-18,20-22H2,1-6H3,(H,45,49)(H,46,51)(H,52,53)/t23-,24-,26-,27-,29+,31+,39-/m1/s1. The Balaban J connectivity index is 1.43. The molecule has 58 heavy (non-hydrogen) atoms. The summed E-state index contributed by atoms with van der Waals surface area (Å²) in [6.07, 6.45) is -2.85. The summed E-state index contributed by atoms with van der Waals surface area (Å²) in [4.78, 5) is 62.2. The zero-order valence-electron chi connectivity index (χ0n) is 33.5. The maximum absolute atomic E-state index is 15.0. The van der Waals surface area contributed by atoms with Crippen molar-refractivity contribution in [2.45, 2.75) is 127 Å². The molecular formula is C40H52F3N5O9S. The molecule has 14 nitrogen and oxygen atoms in total. The van der Waals surface area contributed by atoms with Crippen LogP contribution in [0.1, 0.15) is 86.5 Å². The van der Waals surface area contributed by atoms with Crippen molar-refractivity contribution in [3.63, 3.8) is 0 Å². The normalized spacial score (nSPS) is 28.9. The first-order chi connectivity index (χ1) is 27.0. The molecule has 2 aromatic rings. The minimum atomic E-state index is -5.09. The van der Waals surface area contributed by atoms with Gasteiger partial charge in [0.15, 0.2) is 0 Å². The van der Waals surface area contributed by atoms with E-state index in [1.54, 1.807) is 37.3 Å². The van der Waals surface area contributed by atoms with Crippen molar-refractivity contribution in [3.8, 4) is 11.8 Å². The van der Waals surface area contributed by atoms with E-state index < -0.39 is 85.9 Å². The topological polar surface area (TPSA) is 185 Å². The van der Waals surface area contributed by atoms with Crippen molar-refractivity contribution in [2.75, 3.05) is 13.2 Å². The first-order valence-corrected chi connectivity index (χ1v) is 21.2. The Labute approximate surface area is 335 Å². The Morgan fingerprint density at radius 2 is 1.83 bits per heavy atom. The lowest BCUT2D eigenvalue weighted by Crippen LogP contribution is -2.66. The van der Waals surface area contributed by atoms with E-state index in [2.05, 4.69) is 15.0 Å². The highest BCUT2D eigenvalue weighted by molar-refractivity contribution is 7.91. The van der Waals surface area contributed by atoms with E-state index in [4.69, 9.17) is 9.47 Å². The monoisotopic (exact) mass is 835 g/mol. The number of hydrogen-bond acceptors (Lipinski definition) is 9. The summed E-state index contributed by atoms with van der Waals surface area (Å²) < 4.78 is 83.6. The second-order valence-corrected chi connectivity index (χ2v) is 19.2. The van der Waals surface area contributed by atoms with Crippen molar-refractivity contribution in [1.29, 1.82) is 0 Å². The van der Waals surface area contributed by atoms with E-state index in [1.165, 1.54) is 13.8 Å². The van der Waals surface area contributed by atoms with Crippen LogP contribution in [0.15, 0.2) is 42.5 Å². The Morgan fingerprint density at radius 3 is 2.47 bits per heavy atom. The number of allylic oxidation sites excluding steroid dienone is 1. The molecule has 1 saturated heterocycles. The van der Waals surface area contributed by atoms with Gasteiger partial charge in [-0.3, -0.25) is 24.0 Å². The molecule has 318 valence electrons.